The molecule has 0 bridgehead atoms. The van der Waals surface area contributed by atoms with Gasteiger partial charge in [0, 0.05) is 23.3 Å². The molecular formula is C22H27N3O3S. The lowest BCUT2D eigenvalue weighted by atomic mass is 9.97. The molecule has 0 aliphatic heterocycles. The molecule has 0 aromatic heterocycles. The first kappa shape index (κ1) is 22.6. The van der Waals surface area contributed by atoms with Gasteiger partial charge in [0.1, 0.15) is 0 Å². The summed E-state index contributed by atoms with van der Waals surface area (Å²) in [6, 6.07) is 16.3. The molecule has 0 spiro atoms. The quantitative estimate of drug-likeness (QED) is 0.131. The molecule has 29 heavy (non-hydrogen) atoms. The standard InChI is InChI=1S/C22H27N3O3S/c1-16(22(28)25-29-15-7-3-6-10-20(26)24-23)17-11-13-19(14-12-17)21(27)18-8-4-2-5-9-18/h2,4-5,8-9,11-14,16H,3,6-7,10,15,23H2,1H3,(H,24,26)(H,25,28). The number of amides is 2. The zero-order valence-corrected chi connectivity index (χ0v) is 17.3. The van der Waals surface area contributed by atoms with Crippen molar-refractivity contribution in [3.8, 4) is 0 Å². The highest BCUT2D eigenvalue weighted by atomic mass is 32.2. The Morgan fingerprint density at radius 1 is 0.931 bits per heavy atom. The van der Waals surface area contributed by atoms with Gasteiger partial charge in [-0.25, -0.2) is 5.84 Å². The van der Waals surface area contributed by atoms with Gasteiger partial charge in [-0.1, -0.05) is 73.0 Å². The Labute approximate surface area is 175 Å². The topological polar surface area (TPSA) is 101 Å². The highest BCUT2D eigenvalue weighted by Crippen LogP contribution is 2.19. The first-order valence-corrected chi connectivity index (χ1v) is 10.6. The van der Waals surface area contributed by atoms with Crippen LogP contribution in [0.4, 0.5) is 0 Å². The van der Waals surface area contributed by atoms with Gasteiger partial charge in [0.15, 0.2) is 5.78 Å². The molecule has 0 saturated carbocycles. The minimum Gasteiger partial charge on any atom is -0.300 e. The second-order valence-electron chi connectivity index (χ2n) is 6.73. The Morgan fingerprint density at radius 3 is 2.24 bits per heavy atom. The average Bonchev–Trinajstić information content (AvgIpc) is 2.77. The first-order chi connectivity index (χ1) is 14.0. The van der Waals surface area contributed by atoms with E-state index in [0.29, 0.717) is 17.5 Å². The summed E-state index contributed by atoms with van der Waals surface area (Å²) in [6.45, 7) is 1.84. The van der Waals surface area contributed by atoms with Crippen LogP contribution in [0.1, 0.15) is 60.0 Å². The fourth-order valence-corrected chi connectivity index (χ4v) is 3.52. The van der Waals surface area contributed by atoms with Crippen LogP contribution in [0, 0.1) is 0 Å². The van der Waals surface area contributed by atoms with Crippen molar-refractivity contribution in [2.75, 3.05) is 5.75 Å². The summed E-state index contributed by atoms with van der Waals surface area (Å²) >= 11 is 1.38. The van der Waals surface area contributed by atoms with Crippen LogP contribution in [-0.2, 0) is 9.59 Å². The summed E-state index contributed by atoms with van der Waals surface area (Å²) in [6.07, 6.45) is 3.02. The van der Waals surface area contributed by atoms with E-state index in [2.05, 4.69) is 10.1 Å². The van der Waals surface area contributed by atoms with Crippen LogP contribution in [0.15, 0.2) is 54.6 Å². The molecule has 1 unspecified atom stereocenters. The predicted octanol–water partition coefficient (Wildman–Crippen LogP) is 3.34. The summed E-state index contributed by atoms with van der Waals surface area (Å²) in [5, 5.41) is 0. The molecule has 1 atom stereocenters. The Bertz CT molecular complexity index is 810. The van der Waals surface area contributed by atoms with Crippen molar-refractivity contribution in [1.29, 1.82) is 0 Å². The van der Waals surface area contributed by atoms with Crippen LogP contribution >= 0.6 is 11.9 Å². The van der Waals surface area contributed by atoms with Crippen LogP contribution in [0.25, 0.3) is 0 Å². The van der Waals surface area contributed by atoms with Crippen molar-refractivity contribution in [3.63, 3.8) is 0 Å². The van der Waals surface area contributed by atoms with Gasteiger partial charge in [-0.2, -0.15) is 0 Å². The second kappa shape index (κ2) is 12.0. The van der Waals surface area contributed by atoms with Gasteiger partial charge in [0.05, 0.1) is 5.92 Å². The van der Waals surface area contributed by atoms with E-state index in [0.717, 1.165) is 30.6 Å². The lowest BCUT2D eigenvalue weighted by Crippen LogP contribution is -2.29. The van der Waals surface area contributed by atoms with E-state index in [1.807, 2.05) is 37.3 Å². The third kappa shape index (κ3) is 7.36. The Balaban J connectivity index is 1.75. The number of nitrogens with two attached hydrogens (primary N) is 1. The Morgan fingerprint density at radius 2 is 1.59 bits per heavy atom. The summed E-state index contributed by atoms with van der Waals surface area (Å²) in [4.78, 5) is 35.8. The number of rotatable bonds is 11. The molecule has 4 N–H and O–H groups in total. The number of carbonyl (C=O) groups excluding carboxylic acids is 3. The molecule has 7 heteroatoms. The van der Waals surface area contributed by atoms with E-state index in [4.69, 9.17) is 5.84 Å². The maximum absolute atomic E-state index is 12.5. The molecule has 0 fully saturated rings. The van der Waals surface area contributed by atoms with Gasteiger partial charge in [-0.15, -0.1) is 0 Å². The lowest BCUT2D eigenvalue weighted by Gasteiger charge is -2.12. The molecule has 0 saturated heterocycles. The zero-order chi connectivity index (χ0) is 21.1. The summed E-state index contributed by atoms with van der Waals surface area (Å²) in [5.74, 6) is 5.24. The van der Waals surface area contributed by atoms with Gasteiger partial charge in [0.2, 0.25) is 11.8 Å². The average molecular weight is 414 g/mol. The SMILES string of the molecule is CC(C(=O)NSCCCCCC(=O)NN)c1ccc(C(=O)c2ccccc2)cc1. The van der Waals surface area contributed by atoms with E-state index in [-0.39, 0.29) is 23.5 Å². The normalized spacial score (nSPS) is 11.5. The largest absolute Gasteiger partial charge is 0.300 e. The molecule has 0 radical (unpaired) electrons. The summed E-state index contributed by atoms with van der Waals surface area (Å²) < 4.78 is 2.87. The smallest absolute Gasteiger partial charge is 0.237 e. The number of hydrogen-bond acceptors (Lipinski definition) is 5. The van der Waals surface area contributed by atoms with Crippen LogP contribution in [0.3, 0.4) is 0 Å². The van der Waals surface area contributed by atoms with Crippen molar-refractivity contribution >= 4 is 29.5 Å². The van der Waals surface area contributed by atoms with E-state index >= 15 is 0 Å². The summed E-state index contributed by atoms with van der Waals surface area (Å²) in [5.41, 5.74) is 4.22. The van der Waals surface area contributed by atoms with Crippen LogP contribution in [0.2, 0.25) is 0 Å². The third-order valence-corrected chi connectivity index (χ3v) is 5.42. The molecule has 6 nitrogen and oxygen atoms in total. The van der Waals surface area contributed by atoms with Crippen molar-refractivity contribution in [3.05, 3.63) is 71.3 Å². The van der Waals surface area contributed by atoms with E-state index < -0.39 is 0 Å². The predicted molar refractivity (Wildman–Crippen MR) is 116 cm³/mol. The van der Waals surface area contributed by atoms with Gasteiger partial charge < -0.3 is 0 Å². The van der Waals surface area contributed by atoms with Gasteiger partial charge in [-0.05, 0) is 25.3 Å². The monoisotopic (exact) mass is 413 g/mol. The molecule has 2 aromatic carbocycles. The zero-order valence-electron chi connectivity index (χ0n) is 16.5. The van der Waals surface area contributed by atoms with Crippen molar-refractivity contribution in [2.45, 2.75) is 38.5 Å². The maximum atomic E-state index is 12.5. The Hall–Kier alpha value is -2.64. The lowest BCUT2D eigenvalue weighted by molar-refractivity contribution is -0.121. The molecule has 2 rings (SSSR count). The number of hydrazine groups is 1. The van der Waals surface area contributed by atoms with E-state index in [9.17, 15) is 14.4 Å². The fraction of sp³-hybridized carbons (Fsp3) is 0.318. The fourth-order valence-electron chi connectivity index (χ4n) is 2.75. The highest BCUT2D eigenvalue weighted by Gasteiger charge is 2.16. The number of ketones is 1. The number of unbranched alkanes of at least 4 members (excludes halogenated alkanes) is 2. The molecule has 0 aliphatic rings. The molecule has 2 amide bonds. The molecule has 154 valence electrons. The second-order valence-corrected chi connectivity index (χ2v) is 7.63. The minimum atomic E-state index is -0.309. The minimum absolute atomic E-state index is 0.0336. The Kier molecular flexibility index (Phi) is 9.40. The van der Waals surface area contributed by atoms with Crippen molar-refractivity contribution in [1.82, 2.24) is 10.1 Å². The molecule has 2 aromatic rings. The molecule has 0 aliphatic carbocycles. The van der Waals surface area contributed by atoms with E-state index in [1.165, 1.54) is 11.9 Å². The maximum Gasteiger partial charge on any atom is 0.237 e. The number of carbonyl (C=O) groups is 3. The van der Waals surface area contributed by atoms with Gasteiger partial charge in [0.25, 0.3) is 0 Å². The number of benzene rings is 2. The molecule has 0 heterocycles. The first-order valence-electron chi connectivity index (χ1n) is 9.63. The van der Waals surface area contributed by atoms with Gasteiger partial charge >= 0.3 is 0 Å². The molecular weight excluding hydrogens is 386 g/mol. The number of hydrogen-bond donors (Lipinski definition) is 3. The van der Waals surface area contributed by atoms with Crippen molar-refractivity contribution < 1.29 is 14.4 Å². The van der Waals surface area contributed by atoms with Crippen LogP contribution in [-0.4, -0.2) is 23.4 Å². The van der Waals surface area contributed by atoms with E-state index in [1.54, 1.807) is 24.3 Å². The van der Waals surface area contributed by atoms with Gasteiger partial charge in [-0.3, -0.25) is 24.5 Å². The van der Waals surface area contributed by atoms with Crippen LogP contribution < -0.4 is 16.0 Å². The third-order valence-electron chi connectivity index (χ3n) is 4.59. The van der Waals surface area contributed by atoms with Crippen molar-refractivity contribution in [2.24, 2.45) is 5.84 Å². The van der Waals surface area contributed by atoms with Crippen LogP contribution in [0.5, 0.6) is 0 Å². The highest BCUT2D eigenvalue weighted by molar-refractivity contribution is 7.97. The number of nitrogens with one attached hydrogen (secondary N) is 2. The summed E-state index contributed by atoms with van der Waals surface area (Å²) in [7, 11) is 0.